The number of hydrogen-bond donors (Lipinski definition) is 0. The number of carbonyl (C=O) groups is 1. The maximum atomic E-state index is 13.8. The van der Waals surface area contributed by atoms with E-state index in [4.69, 9.17) is 9.72 Å². The number of thiophene rings is 1. The number of amides is 1. The van der Waals surface area contributed by atoms with Gasteiger partial charge in [-0.2, -0.15) is 0 Å². The van der Waals surface area contributed by atoms with Crippen LogP contribution < -0.4 is 4.90 Å². The number of hydrogen-bond acceptors (Lipinski definition) is 7. The number of para-hydroxylation sites is 1. The molecule has 0 saturated carbocycles. The molecule has 1 aromatic carbocycles. The summed E-state index contributed by atoms with van der Waals surface area (Å²) in [7, 11) is 0. The largest absolute Gasteiger partial charge is 0.376 e. The van der Waals surface area contributed by atoms with Crippen molar-refractivity contribution in [2.24, 2.45) is 0 Å². The molecule has 154 valence electrons. The van der Waals surface area contributed by atoms with Crippen molar-refractivity contribution in [1.29, 1.82) is 0 Å². The van der Waals surface area contributed by atoms with Gasteiger partial charge < -0.3 is 4.74 Å². The zero-order chi connectivity index (χ0) is 20.8. The zero-order valence-electron chi connectivity index (χ0n) is 17.1. The van der Waals surface area contributed by atoms with Crippen molar-refractivity contribution in [2.45, 2.75) is 39.7 Å². The van der Waals surface area contributed by atoms with Crippen LogP contribution in [0.5, 0.6) is 0 Å². The number of aromatic nitrogens is 3. The van der Waals surface area contributed by atoms with E-state index >= 15 is 0 Å². The third kappa shape index (κ3) is 3.38. The standard InChI is InChI=1S/C22H22N4O2S2/c1-12-18-13(2)23-14(3)24-20(18)30-19(12)21(27)26(11-15-7-6-10-28-15)22-25-16-8-4-5-9-17(16)29-22/h4-5,8-9,15H,6-7,10-11H2,1-3H3. The SMILES string of the molecule is Cc1nc(C)c2c(C)c(C(=O)N(CC3CCCO3)c3nc4ccccc4s3)sc2n1. The van der Waals surface area contributed by atoms with E-state index in [-0.39, 0.29) is 12.0 Å². The summed E-state index contributed by atoms with van der Waals surface area (Å²) in [5.74, 6) is 0.685. The minimum atomic E-state index is -0.0397. The van der Waals surface area contributed by atoms with Gasteiger partial charge in [0, 0.05) is 17.7 Å². The Kier molecular flexibility index (Phi) is 5.00. The molecule has 8 heteroatoms. The average molecular weight is 439 g/mol. The Labute approximate surface area is 182 Å². The highest BCUT2D eigenvalue weighted by Crippen LogP contribution is 2.35. The van der Waals surface area contributed by atoms with Crippen molar-refractivity contribution >= 4 is 54.1 Å². The molecule has 30 heavy (non-hydrogen) atoms. The fourth-order valence-corrected chi connectivity index (χ4v) is 6.22. The Morgan fingerprint density at radius 3 is 2.77 bits per heavy atom. The molecule has 0 radical (unpaired) electrons. The molecule has 1 unspecified atom stereocenters. The van der Waals surface area contributed by atoms with Gasteiger partial charge in [-0.3, -0.25) is 9.69 Å². The van der Waals surface area contributed by atoms with Gasteiger partial charge in [0.1, 0.15) is 10.7 Å². The van der Waals surface area contributed by atoms with E-state index in [1.165, 1.54) is 11.3 Å². The molecule has 1 amide bonds. The minimum absolute atomic E-state index is 0.0397. The second-order valence-electron chi connectivity index (χ2n) is 7.61. The number of fused-ring (bicyclic) bond motifs is 2. The molecule has 0 spiro atoms. The Morgan fingerprint density at radius 1 is 1.17 bits per heavy atom. The molecule has 0 bridgehead atoms. The Bertz CT molecular complexity index is 1220. The number of aryl methyl sites for hydroxylation is 3. The van der Waals surface area contributed by atoms with E-state index in [9.17, 15) is 4.79 Å². The summed E-state index contributed by atoms with van der Waals surface area (Å²) in [6, 6.07) is 7.99. The van der Waals surface area contributed by atoms with Gasteiger partial charge in [0.2, 0.25) is 0 Å². The average Bonchev–Trinajstić information content (AvgIpc) is 3.44. The van der Waals surface area contributed by atoms with E-state index in [2.05, 4.69) is 9.97 Å². The van der Waals surface area contributed by atoms with E-state index in [0.717, 1.165) is 57.0 Å². The van der Waals surface area contributed by atoms with Crippen molar-refractivity contribution < 1.29 is 9.53 Å². The first kappa shape index (κ1) is 19.5. The summed E-state index contributed by atoms with van der Waals surface area (Å²) in [5, 5.41) is 1.70. The van der Waals surface area contributed by atoms with E-state index in [1.807, 2.05) is 45.0 Å². The fraction of sp³-hybridized carbons (Fsp3) is 0.364. The molecular weight excluding hydrogens is 416 g/mol. The molecule has 3 aromatic heterocycles. The lowest BCUT2D eigenvalue weighted by molar-refractivity contribution is 0.0920. The molecule has 1 aliphatic heterocycles. The van der Waals surface area contributed by atoms with Crippen LogP contribution in [0.4, 0.5) is 5.13 Å². The summed E-state index contributed by atoms with van der Waals surface area (Å²) in [6.45, 7) is 7.11. The Balaban J connectivity index is 1.60. The molecule has 0 N–H and O–H groups in total. The predicted octanol–water partition coefficient (Wildman–Crippen LogP) is 5.05. The third-order valence-corrected chi connectivity index (χ3v) is 7.68. The molecule has 1 saturated heterocycles. The summed E-state index contributed by atoms with van der Waals surface area (Å²) < 4.78 is 6.93. The quantitative estimate of drug-likeness (QED) is 0.446. The molecule has 1 atom stereocenters. The van der Waals surface area contributed by atoms with Crippen molar-refractivity contribution in [3.05, 3.63) is 46.2 Å². The third-order valence-electron chi connectivity index (χ3n) is 5.45. The first-order chi connectivity index (χ1) is 14.5. The van der Waals surface area contributed by atoms with Gasteiger partial charge in [-0.05, 0) is 51.3 Å². The van der Waals surface area contributed by atoms with Gasteiger partial charge in [0.25, 0.3) is 5.91 Å². The van der Waals surface area contributed by atoms with Crippen molar-refractivity contribution in [2.75, 3.05) is 18.1 Å². The van der Waals surface area contributed by atoms with Gasteiger partial charge in [-0.1, -0.05) is 23.5 Å². The van der Waals surface area contributed by atoms with Gasteiger partial charge in [0.15, 0.2) is 5.13 Å². The van der Waals surface area contributed by atoms with Crippen LogP contribution >= 0.6 is 22.7 Å². The van der Waals surface area contributed by atoms with Crippen LogP contribution in [-0.2, 0) is 4.74 Å². The highest BCUT2D eigenvalue weighted by molar-refractivity contribution is 7.23. The first-order valence-electron chi connectivity index (χ1n) is 10.0. The van der Waals surface area contributed by atoms with Crippen LogP contribution in [0.15, 0.2) is 24.3 Å². The van der Waals surface area contributed by atoms with Crippen LogP contribution in [0.1, 0.15) is 39.6 Å². The normalized spacial score (nSPS) is 16.6. The van der Waals surface area contributed by atoms with E-state index < -0.39 is 0 Å². The first-order valence-corrected chi connectivity index (χ1v) is 11.7. The Morgan fingerprint density at radius 2 is 2.00 bits per heavy atom. The number of anilines is 1. The lowest BCUT2D eigenvalue weighted by atomic mass is 10.1. The lowest BCUT2D eigenvalue weighted by Gasteiger charge is -2.22. The number of nitrogens with zero attached hydrogens (tertiary/aromatic N) is 4. The maximum Gasteiger partial charge on any atom is 0.270 e. The lowest BCUT2D eigenvalue weighted by Crippen LogP contribution is -2.37. The molecule has 5 rings (SSSR count). The van der Waals surface area contributed by atoms with Crippen molar-refractivity contribution in [1.82, 2.24) is 15.0 Å². The van der Waals surface area contributed by atoms with Gasteiger partial charge in [-0.15, -0.1) is 11.3 Å². The van der Waals surface area contributed by atoms with Gasteiger partial charge >= 0.3 is 0 Å². The van der Waals surface area contributed by atoms with Crippen LogP contribution in [0.2, 0.25) is 0 Å². The maximum absolute atomic E-state index is 13.8. The highest BCUT2D eigenvalue weighted by atomic mass is 32.1. The summed E-state index contributed by atoms with van der Waals surface area (Å²) >= 11 is 2.99. The number of carbonyl (C=O) groups excluding carboxylic acids is 1. The second-order valence-corrected chi connectivity index (χ2v) is 9.62. The van der Waals surface area contributed by atoms with Crippen molar-refractivity contribution in [3.63, 3.8) is 0 Å². The van der Waals surface area contributed by atoms with Crippen LogP contribution in [0.25, 0.3) is 20.4 Å². The van der Waals surface area contributed by atoms with Gasteiger partial charge in [-0.25, -0.2) is 15.0 Å². The Hall–Kier alpha value is -2.42. The smallest absolute Gasteiger partial charge is 0.270 e. The zero-order valence-corrected chi connectivity index (χ0v) is 18.8. The molecular formula is C22H22N4O2S2. The monoisotopic (exact) mass is 438 g/mol. The molecule has 4 heterocycles. The number of rotatable bonds is 4. The molecule has 1 aliphatic rings. The molecule has 0 aliphatic carbocycles. The molecule has 4 aromatic rings. The van der Waals surface area contributed by atoms with Crippen LogP contribution in [0, 0.1) is 20.8 Å². The van der Waals surface area contributed by atoms with Crippen molar-refractivity contribution in [3.8, 4) is 0 Å². The number of thiazole rings is 1. The van der Waals surface area contributed by atoms with E-state index in [1.54, 1.807) is 16.2 Å². The topological polar surface area (TPSA) is 68.2 Å². The number of ether oxygens (including phenoxy) is 1. The van der Waals surface area contributed by atoms with E-state index in [0.29, 0.717) is 16.6 Å². The molecule has 1 fully saturated rings. The minimum Gasteiger partial charge on any atom is -0.376 e. The molecule has 6 nitrogen and oxygen atoms in total. The second kappa shape index (κ2) is 7.68. The highest BCUT2D eigenvalue weighted by Gasteiger charge is 2.30. The fourth-order valence-electron chi connectivity index (χ4n) is 4.02. The van der Waals surface area contributed by atoms with Gasteiger partial charge in [0.05, 0.1) is 27.7 Å². The summed E-state index contributed by atoms with van der Waals surface area (Å²) in [4.78, 5) is 31.0. The number of benzene rings is 1. The predicted molar refractivity (Wildman–Crippen MR) is 122 cm³/mol. The summed E-state index contributed by atoms with van der Waals surface area (Å²) in [6.07, 6.45) is 2.03. The summed E-state index contributed by atoms with van der Waals surface area (Å²) in [5.41, 5.74) is 2.76. The van der Waals surface area contributed by atoms with Crippen LogP contribution in [0.3, 0.4) is 0 Å². The van der Waals surface area contributed by atoms with Crippen LogP contribution in [-0.4, -0.2) is 40.1 Å².